The lowest BCUT2D eigenvalue weighted by molar-refractivity contribution is 1.01. The fourth-order valence-corrected chi connectivity index (χ4v) is 1.37. The second-order valence-electron chi connectivity index (χ2n) is 4.48. The summed E-state index contributed by atoms with van der Waals surface area (Å²) in [6.07, 6.45) is 14.9. The molecular weight excluding hydrogens is 242 g/mol. The van der Waals surface area contributed by atoms with Crippen molar-refractivity contribution in [1.82, 2.24) is 0 Å². The van der Waals surface area contributed by atoms with Crippen LogP contribution in [-0.2, 0) is 0 Å². The van der Waals surface area contributed by atoms with Crippen molar-refractivity contribution in [3.05, 3.63) is 59.3 Å². The zero-order chi connectivity index (χ0) is 15.2. The van der Waals surface area contributed by atoms with E-state index in [9.17, 15) is 0 Å². The lowest BCUT2D eigenvalue weighted by Gasteiger charge is -1.97. The summed E-state index contributed by atoms with van der Waals surface area (Å²) in [7, 11) is 0. The van der Waals surface area contributed by atoms with Crippen molar-refractivity contribution >= 4 is 6.72 Å². The van der Waals surface area contributed by atoms with Gasteiger partial charge in [-0.25, -0.2) is 0 Å². The first-order valence-electron chi connectivity index (χ1n) is 7.04. The first kappa shape index (κ1) is 17.9. The van der Waals surface area contributed by atoms with Crippen molar-refractivity contribution in [2.24, 2.45) is 4.99 Å². The first-order chi connectivity index (χ1) is 9.67. The molecule has 2 rings (SSSR count). The Balaban J connectivity index is 0.000000304. The molecule has 0 N–H and O–H groups in total. The molecule has 0 atom stereocenters. The Kier molecular flexibility index (Phi) is 10.7. The fraction of sp³-hybridized carbons (Fsp3) is 0.316. The lowest BCUT2D eigenvalue weighted by atomic mass is 10.2. The Hall–Kier alpha value is -2.07. The number of allylic oxidation sites excluding steroid dienone is 3. The molecule has 1 aliphatic rings. The van der Waals surface area contributed by atoms with Crippen molar-refractivity contribution in [3.63, 3.8) is 0 Å². The van der Waals surface area contributed by atoms with E-state index in [0.29, 0.717) is 0 Å². The highest BCUT2D eigenvalue weighted by atomic mass is 14.7. The van der Waals surface area contributed by atoms with Crippen LogP contribution >= 0.6 is 0 Å². The van der Waals surface area contributed by atoms with Gasteiger partial charge in [-0.05, 0) is 44.7 Å². The van der Waals surface area contributed by atoms with Gasteiger partial charge in [0.15, 0.2) is 0 Å². The van der Waals surface area contributed by atoms with E-state index in [2.05, 4.69) is 43.6 Å². The van der Waals surface area contributed by atoms with Crippen molar-refractivity contribution < 1.29 is 0 Å². The van der Waals surface area contributed by atoms with Crippen molar-refractivity contribution in [2.45, 2.75) is 40.0 Å². The Labute approximate surface area is 124 Å². The minimum atomic E-state index is 0.945. The molecule has 1 aromatic carbocycles. The normalized spacial score (nSPS) is 11.8. The highest BCUT2D eigenvalue weighted by Gasteiger charge is 1.89. The van der Waals surface area contributed by atoms with Crippen LogP contribution in [0.1, 0.15) is 44.2 Å². The fourth-order valence-electron chi connectivity index (χ4n) is 1.37. The minimum absolute atomic E-state index is 0.945. The van der Waals surface area contributed by atoms with E-state index in [1.165, 1.54) is 12.0 Å². The zero-order valence-electron chi connectivity index (χ0n) is 12.9. The number of hydrogen-bond acceptors (Lipinski definition) is 1. The molecule has 0 bridgehead atoms. The standard InChI is InChI=1S/C9H8.C7H9N.C3H8/c1-3-9-6-4-8(2)5-7-9;1-8-7-5-3-2-4-6-7;1-3-2/h1,4-7H,2H3;3,5-6H,1-2,4H2;3H2,1-2H3. The summed E-state index contributed by atoms with van der Waals surface area (Å²) in [5, 5.41) is 0. The van der Waals surface area contributed by atoms with Crippen LogP contribution in [0.2, 0.25) is 0 Å². The van der Waals surface area contributed by atoms with Gasteiger partial charge in [-0.3, -0.25) is 4.99 Å². The van der Waals surface area contributed by atoms with E-state index in [4.69, 9.17) is 6.42 Å². The summed E-state index contributed by atoms with van der Waals surface area (Å²) in [5.74, 6) is 2.55. The van der Waals surface area contributed by atoms with Crippen LogP contribution in [-0.4, -0.2) is 6.72 Å². The quantitative estimate of drug-likeness (QED) is 0.483. The number of rotatable bonds is 1. The van der Waals surface area contributed by atoms with E-state index >= 15 is 0 Å². The molecule has 0 heterocycles. The van der Waals surface area contributed by atoms with Crippen LogP contribution in [0.25, 0.3) is 0 Å². The summed E-state index contributed by atoms with van der Waals surface area (Å²) < 4.78 is 0. The smallest absolute Gasteiger partial charge is 0.0579 e. The molecule has 1 aliphatic carbocycles. The third-order valence-corrected chi connectivity index (χ3v) is 2.38. The summed E-state index contributed by atoms with van der Waals surface area (Å²) in [4.78, 5) is 3.77. The molecule has 1 nitrogen and oxygen atoms in total. The summed E-state index contributed by atoms with van der Waals surface area (Å²) in [6, 6.07) is 7.90. The average Bonchev–Trinajstić information content (AvgIpc) is 2.50. The van der Waals surface area contributed by atoms with Crippen LogP contribution in [0.5, 0.6) is 0 Å². The predicted molar refractivity (Wildman–Crippen MR) is 91.1 cm³/mol. The summed E-state index contributed by atoms with van der Waals surface area (Å²) in [5.41, 5.74) is 3.20. The van der Waals surface area contributed by atoms with E-state index in [0.717, 1.165) is 24.1 Å². The number of nitrogens with zero attached hydrogens (tertiary/aromatic N) is 1. The van der Waals surface area contributed by atoms with E-state index < -0.39 is 0 Å². The van der Waals surface area contributed by atoms with Gasteiger partial charge in [0.05, 0.1) is 5.70 Å². The molecule has 1 heteroatoms. The Morgan fingerprint density at radius 3 is 2.15 bits per heavy atom. The zero-order valence-corrected chi connectivity index (χ0v) is 12.9. The summed E-state index contributed by atoms with van der Waals surface area (Å²) >= 11 is 0. The Morgan fingerprint density at radius 1 is 1.20 bits per heavy atom. The topological polar surface area (TPSA) is 12.4 Å². The molecule has 0 spiro atoms. The molecular formula is C19H25N. The van der Waals surface area contributed by atoms with Crippen LogP contribution in [0, 0.1) is 19.3 Å². The van der Waals surface area contributed by atoms with Gasteiger partial charge in [-0.1, -0.05) is 56.0 Å². The van der Waals surface area contributed by atoms with Crippen molar-refractivity contribution in [1.29, 1.82) is 0 Å². The van der Waals surface area contributed by atoms with Gasteiger partial charge < -0.3 is 0 Å². The molecule has 0 aromatic heterocycles. The van der Waals surface area contributed by atoms with Gasteiger partial charge in [-0.15, -0.1) is 6.42 Å². The molecule has 0 amide bonds. The van der Waals surface area contributed by atoms with Crippen molar-refractivity contribution in [3.8, 4) is 12.3 Å². The number of hydrogen-bond donors (Lipinski definition) is 0. The number of benzene rings is 1. The largest absolute Gasteiger partial charge is 0.265 e. The maximum Gasteiger partial charge on any atom is 0.0579 e. The van der Waals surface area contributed by atoms with Crippen LogP contribution in [0.3, 0.4) is 0 Å². The van der Waals surface area contributed by atoms with Gasteiger partial charge in [0.1, 0.15) is 0 Å². The summed E-state index contributed by atoms with van der Waals surface area (Å²) in [6.45, 7) is 9.71. The van der Waals surface area contributed by atoms with E-state index in [1.54, 1.807) is 0 Å². The average molecular weight is 267 g/mol. The van der Waals surface area contributed by atoms with Crippen LogP contribution < -0.4 is 0 Å². The monoisotopic (exact) mass is 267 g/mol. The highest BCUT2D eigenvalue weighted by molar-refractivity contribution is 5.34. The Morgan fingerprint density at radius 2 is 1.80 bits per heavy atom. The second-order valence-corrected chi connectivity index (χ2v) is 4.48. The molecule has 1 aromatic rings. The third-order valence-electron chi connectivity index (χ3n) is 2.38. The van der Waals surface area contributed by atoms with Crippen molar-refractivity contribution in [2.75, 3.05) is 0 Å². The van der Waals surface area contributed by atoms with E-state index in [1.807, 2.05) is 37.3 Å². The van der Waals surface area contributed by atoms with Crippen LogP contribution in [0.15, 0.2) is 53.2 Å². The second kappa shape index (κ2) is 12.0. The van der Waals surface area contributed by atoms with Gasteiger partial charge >= 0.3 is 0 Å². The van der Waals surface area contributed by atoms with Gasteiger partial charge in [0.2, 0.25) is 0 Å². The molecule has 0 aliphatic heterocycles. The number of aliphatic imine (C=N–C) groups is 1. The molecule has 0 saturated carbocycles. The lowest BCUT2D eigenvalue weighted by Crippen LogP contribution is -1.78. The van der Waals surface area contributed by atoms with Crippen LogP contribution in [0.4, 0.5) is 0 Å². The Bertz CT molecular complexity index is 469. The maximum atomic E-state index is 5.15. The maximum absolute atomic E-state index is 5.15. The van der Waals surface area contributed by atoms with Gasteiger partial charge in [-0.2, -0.15) is 0 Å². The molecule has 0 radical (unpaired) electrons. The highest BCUT2D eigenvalue weighted by Crippen LogP contribution is 2.08. The predicted octanol–water partition coefficient (Wildman–Crippen LogP) is 5.31. The molecule has 0 saturated heterocycles. The van der Waals surface area contributed by atoms with Gasteiger partial charge in [0, 0.05) is 5.56 Å². The molecule has 0 fully saturated rings. The van der Waals surface area contributed by atoms with Gasteiger partial charge in [0.25, 0.3) is 0 Å². The number of terminal acetylenes is 1. The molecule has 0 unspecified atom stereocenters. The minimum Gasteiger partial charge on any atom is -0.265 e. The SMILES string of the molecule is C#Cc1ccc(C)cc1.C=NC1=CCCC=C1.CCC. The number of aryl methyl sites for hydroxylation is 1. The third kappa shape index (κ3) is 8.94. The molecule has 20 heavy (non-hydrogen) atoms. The van der Waals surface area contributed by atoms with E-state index in [-0.39, 0.29) is 0 Å². The first-order valence-corrected chi connectivity index (χ1v) is 7.04. The molecule has 106 valence electrons.